The average molecular weight is 743 g/mol. The second kappa shape index (κ2) is 18.8. The number of benzene rings is 4. The van der Waals surface area contributed by atoms with Crippen molar-refractivity contribution in [3.05, 3.63) is 111 Å². The topological polar surface area (TPSA) is 103 Å². The van der Waals surface area contributed by atoms with E-state index in [0.29, 0.717) is 45.3 Å². The van der Waals surface area contributed by atoms with E-state index in [2.05, 4.69) is 16.3 Å². The van der Waals surface area contributed by atoms with E-state index in [1.54, 1.807) is 54.6 Å². The Morgan fingerprint density at radius 1 is 0.896 bits per heavy atom. The largest absolute Gasteiger partial charge is 1.00 e. The van der Waals surface area contributed by atoms with Crippen LogP contribution in [0.2, 0.25) is 15.1 Å². The number of nitrogens with one attached hydrogen (secondary N) is 1. The van der Waals surface area contributed by atoms with Gasteiger partial charge in [0.2, 0.25) is 6.79 Å². The smallest absolute Gasteiger partial charge is 0.545 e. The summed E-state index contributed by atoms with van der Waals surface area (Å²) in [7, 11) is 0. The van der Waals surface area contributed by atoms with Crippen LogP contribution in [0.25, 0.3) is 0 Å². The van der Waals surface area contributed by atoms with Crippen molar-refractivity contribution in [2.24, 2.45) is 0 Å². The SMILES string of the molecule is Cc1ccc(Cl)c(Nc2ccccc2C(=O)[O-])c1Cl.Cl.O=C(COc1ccc(Cl)cc1)N1CCN(Cc2ccc3c(c2)OCO3)CC1.[Na+]. The number of nitrogens with zero attached hydrogens (tertiary/aromatic N) is 2. The van der Waals surface area contributed by atoms with Gasteiger partial charge in [-0.25, -0.2) is 0 Å². The van der Waals surface area contributed by atoms with Gasteiger partial charge in [-0.05, 0) is 66.6 Å². The number of aryl methyl sites for hydroxylation is 1. The van der Waals surface area contributed by atoms with E-state index in [0.717, 1.165) is 36.7 Å². The molecule has 0 bridgehead atoms. The van der Waals surface area contributed by atoms with E-state index in [1.165, 1.54) is 11.6 Å². The summed E-state index contributed by atoms with van der Waals surface area (Å²) in [5.41, 5.74) is 2.95. The molecule has 0 spiro atoms. The summed E-state index contributed by atoms with van der Waals surface area (Å²) in [6, 6.07) is 23.0. The number of amides is 1. The molecule has 2 heterocycles. The molecule has 1 saturated heterocycles. The number of anilines is 2. The first-order valence-electron chi connectivity index (χ1n) is 14.5. The van der Waals surface area contributed by atoms with Gasteiger partial charge in [0.1, 0.15) is 5.75 Å². The van der Waals surface area contributed by atoms with E-state index < -0.39 is 5.97 Å². The Hall–Kier alpha value is -2.86. The Morgan fingerprint density at radius 3 is 2.29 bits per heavy atom. The van der Waals surface area contributed by atoms with Gasteiger partial charge in [-0.1, -0.05) is 65.1 Å². The van der Waals surface area contributed by atoms with Crippen LogP contribution < -0.4 is 54.2 Å². The van der Waals surface area contributed by atoms with Crippen molar-refractivity contribution < 1.29 is 58.5 Å². The Labute approximate surface area is 322 Å². The van der Waals surface area contributed by atoms with Gasteiger partial charge < -0.3 is 34.3 Å². The molecule has 2 aliphatic heterocycles. The van der Waals surface area contributed by atoms with Crippen molar-refractivity contribution in [2.45, 2.75) is 13.5 Å². The molecule has 0 unspecified atom stereocenters. The Kier molecular flexibility index (Phi) is 15.5. The van der Waals surface area contributed by atoms with Crippen LogP contribution in [0.5, 0.6) is 17.2 Å². The van der Waals surface area contributed by atoms with Crippen LogP contribution in [0.3, 0.4) is 0 Å². The summed E-state index contributed by atoms with van der Waals surface area (Å²) in [5.74, 6) is 1.00. The third-order valence-electron chi connectivity index (χ3n) is 7.43. The quantitative estimate of drug-likeness (QED) is 0.274. The minimum Gasteiger partial charge on any atom is -0.545 e. The van der Waals surface area contributed by atoms with Gasteiger partial charge >= 0.3 is 29.6 Å². The summed E-state index contributed by atoms with van der Waals surface area (Å²) < 4.78 is 16.3. The molecule has 0 atom stereocenters. The van der Waals surface area contributed by atoms with Gasteiger partial charge in [0.25, 0.3) is 5.91 Å². The number of piperazine rings is 1. The second-order valence-corrected chi connectivity index (χ2v) is 11.8. The normalized spacial score (nSPS) is 13.3. The Bertz CT molecular complexity index is 1710. The molecule has 6 rings (SSSR count). The van der Waals surface area contributed by atoms with Gasteiger partial charge in [-0.3, -0.25) is 9.69 Å². The molecule has 0 aliphatic carbocycles. The first-order valence-corrected chi connectivity index (χ1v) is 15.6. The maximum atomic E-state index is 12.4. The van der Waals surface area contributed by atoms with Crippen molar-refractivity contribution in [3.8, 4) is 17.2 Å². The predicted molar refractivity (Wildman–Crippen MR) is 184 cm³/mol. The number of rotatable bonds is 8. The molecule has 14 heteroatoms. The Morgan fingerprint density at radius 2 is 1.58 bits per heavy atom. The van der Waals surface area contributed by atoms with E-state index in [-0.39, 0.29) is 66.8 Å². The van der Waals surface area contributed by atoms with Gasteiger partial charge in [0.15, 0.2) is 18.1 Å². The average Bonchev–Trinajstić information content (AvgIpc) is 3.53. The van der Waals surface area contributed by atoms with Crippen LogP contribution in [-0.4, -0.2) is 61.3 Å². The van der Waals surface area contributed by atoms with Crippen molar-refractivity contribution in [3.63, 3.8) is 0 Å². The first-order chi connectivity index (χ1) is 22.2. The zero-order chi connectivity index (χ0) is 32.6. The maximum Gasteiger partial charge on any atom is 1.00 e. The number of halogens is 4. The first kappa shape index (κ1) is 39.6. The number of para-hydroxylation sites is 1. The Balaban J connectivity index is 0.000000265. The summed E-state index contributed by atoms with van der Waals surface area (Å²) in [6.45, 7) is 6.08. The van der Waals surface area contributed by atoms with E-state index in [1.807, 2.05) is 24.0 Å². The molecule has 48 heavy (non-hydrogen) atoms. The number of aromatic carboxylic acids is 1. The molecule has 1 amide bonds. The van der Waals surface area contributed by atoms with E-state index in [9.17, 15) is 14.7 Å². The van der Waals surface area contributed by atoms with Gasteiger partial charge in [0.05, 0.1) is 21.7 Å². The molecule has 0 radical (unpaired) electrons. The second-order valence-electron chi connectivity index (χ2n) is 10.6. The summed E-state index contributed by atoms with van der Waals surface area (Å²) in [5, 5.41) is 15.5. The van der Waals surface area contributed by atoms with Crippen molar-refractivity contribution in [1.29, 1.82) is 0 Å². The summed E-state index contributed by atoms with van der Waals surface area (Å²) in [6.07, 6.45) is 0. The minimum atomic E-state index is -1.26. The van der Waals surface area contributed by atoms with E-state index in [4.69, 9.17) is 49.0 Å². The third-order valence-corrected chi connectivity index (χ3v) is 8.49. The van der Waals surface area contributed by atoms with Gasteiger partial charge in [-0.2, -0.15) is 0 Å². The molecule has 4 aromatic rings. The molecule has 0 saturated carbocycles. The molecular weight excluding hydrogens is 711 g/mol. The molecule has 1 fully saturated rings. The molecular formula is C34H32Cl4N3NaO6. The van der Waals surface area contributed by atoms with Crippen molar-refractivity contribution in [1.82, 2.24) is 9.80 Å². The zero-order valence-corrected chi connectivity index (χ0v) is 31.4. The number of hydrogen-bond donors (Lipinski definition) is 1. The molecule has 4 aromatic carbocycles. The number of ether oxygens (including phenoxy) is 3. The van der Waals surface area contributed by atoms with Crippen LogP contribution in [0, 0.1) is 6.92 Å². The van der Waals surface area contributed by atoms with Crippen LogP contribution in [-0.2, 0) is 11.3 Å². The van der Waals surface area contributed by atoms with Gasteiger partial charge in [-0.15, -0.1) is 12.4 Å². The van der Waals surface area contributed by atoms with Crippen LogP contribution >= 0.6 is 47.2 Å². The summed E-state index contributed by atoms with van der Waals surface area (Å²) in [4.78, 5) is 27.6. The zero-order valence-electron chi connectivity index (χ0n) is 26.3. The molecule has 248 valence electrons. The van der Waals surface area contributed by atoms with Crippen molar-refractivity contribution in [2.75, 3.05) is 44.9 Å². The minimum absolute atomic E-state index is 0. The molecule has 0 aromatic heterocycles. The van der Waals surface area contributed by atoms with Crippen LogP contribution in [0.4, 0.5) is 11.4 Å². The molecule has 2 aliphatic rings. The monoisotopic (exact) mass is 741 g/mol. The molecule has 1 N–H and O–H groups in total. The number of fused-ring (bicyclic) bond motifs is 1. The third kappa shape index (κ3) is 10.6. The number of hydrogen-bond acceptors (Lipinski definition) is 8. The number of carboxylic acids is 1. The summed E-state index contributed by atoms with van der Waals surface area (Å²) >= 11 is 18.1. The fourth-order valence-electron chi connectivity index (χ4n) is 4.90. The number of carboxylic acid groups (broad SMARTS) is 1. The van der Waals surface area contributed by atoms with E-state index >= 15 is 0 Å². The predicted octanol–water partition coefficient (Wildman–Crippen LogP) is 3.63. The standard InChI is InChI=1S/C20H21ClN2O4.C14H11Cl2NO2.ClH.Na/c21-16-2-4-17(5-3-16)25-13-20(24)23-9-7-22(8-10-23)12-15-1-6-18-19(11-15)27-14-26-18;1-8-6-7-10(15)13(12(8)16)17-11-5-3-2-4-9(11)14(18)19;;/h1-6,11H,7-10,12-14H2;2-7,17H,1H3,(H,18,19);1H;/q;;;+1/p-1. The van der Waals surface area contributed by atoms with Crippen LogP contribution in [0.1, 0.15) is 21.5 Å². The maximum absolute atomic E-state index is 12.4. The number of carbonyl (C=O) groups excluding carboxylic acids is 2. The van der Waals surface area contributed by atoms with Crippen molar-refractivity contribution >= 4 is 70.5 Å². The number of carbonyl (C=O) groups is 2. The fourth-order valence-corrected chi connectivity index (χ4v) is 5.49. The molecule has 9 nitrogen and oxygen atoms in total. The van der Waals surface area contributed by atoms with Crippen LogP contribution in [0.15, 0.2) is 78.9 Å². The fraction of sp³-hybridized carbons (Fsp3) is 0.235. The van der Waals surface area contributed by atoms with Gasteiger partial charge in [0, 0.05) is 49.0 Å².